The smallest absolute Gasteiger partial charge is 0.302 e. The van der Waals surface area contributed by atoms with E-state index in [1.54, 1.807) is 0 Å². The molecule has 1 N–H and O–H groups in total. The Hall–Kier alpha value is -0.650. The van der Waals surface area contributed by atoms with Gasteiger partial charge in [0.05, 0.1) is 6.10 Å². The fraction of sp³-hybridized carbons (Fsp3) is 0.875. The van der Waals surface area contributed by atoms with Gasteiger partial charge in [0.1, 0.15) is 12.7 Å². The first-order valence-electron chi connectivity index (χ1n) is 4.13. The summed E-state index contributed by atoms with van der Waals surface area (Å²) in [7, 11) is 1.51. The van der Waals surface area contributed by atoms with Gasteiger partial charge >= 0.3 is 5.97 Å². The standard InChI is InChI=1S/C8H14O5/c1-5(9)12-4-6-3-7(11-2)8(10)13-6/h6-8,10H,3-4H2,1-2H3/t6?,7-,8-/m0/s1. The van der Waals surface area contributed by atoms with Crippen molar-refractivity contribution < 1.29 is 24.1 Å². The molecule has 1 aliphatic heterocycles. The normalized spacial score (nSPS) is 33.3. The lowest BCUT2D eigenvalue weighted by atomic mass is 10.2. The van der Waals surface area contributed by atoms with Crippen LogP contribution in [0.4, 0.5) is 0 Å². The zero-order valence-electron chi connectivity index (χ0n) is 7.73. The summed E-state index contributed by atoms with van der Waals surface area (Å²) in [5.41, 5.74) is 0. The third-order valence-corrected chi connectivity index (χ3v) is 1.92. The third-order valence-electron chi connectivity index (χ3n) is 1.92. The average Bonchev–Trinajstić information content (AvgIpc) is 2.43. The monoisotopic (exact) mass is 190 g/mol. The van der Waals surface area contributed by atoms with Crippen LogP contribution in [-0.4, -0.2) is 43.3 Å². The number of hydrogen-bond acceptors (Lipinski definition) is 5. The van der Waals surface area contributed by atoms with Crippen molar-refractivity contribution in [2.75, 3.05) is 13.7 Å². The molecule has 1 rings (SSSR count). The molecule has 5 nitrogen and oxygen atoms in total. The molecule has 0 aromatic carbocycles. The lowest BCUT2D eigenvalue weighted by Crippen LogP contribution is -2.21. The topological polar surface area (TPSA) is 65.0 Å². The van der Waals surface area contributed by atoms with Gasteiger partial charge in [-0.1, -0.05) is 0 Å². The maximum absolute atomic E-state index is 10.5. The van der Waals surface area contributed by atoms with Crippen LogP contribution in [0.1, 0.15) is 13.3 Å². The second-order valence-corrected chi connectivity index (χ2v) is 2.96. The van der Waals surface area contributed by atoms with E-state index in [4.69, 9.17) is 14.2 Å². The van der Waals surface area contributed by atoms with Gasteiger partial charge in [-0.05, 0) is 0 Å². The Labute approximate surface area is 76.6 Å². The van der Waals surface area contributed by atoms with Crippen molar-refractivity contribution in [3.8, 4) is 0 Å². The largest absolute Gasteiger partial charge is 0.463 e. The van der Waals surface area contributed by atoms with E-state index in [9.17, 15) is 9.90 Å². The number of methoxy groups -OCH3 is 1. The zero-order chi connectivity index (χ0) is 9.84. The van der Waals surface area contributed by atoms with E-state index in [0.717, 1.165) is 0 Å². The Morgan fingerprint density at radius 2 is 2.38 bits per heavy atom. The van der Waals surface area contributed by atoms with Gasteiger partial charge in [0, 0.05) is 20.5 Å². The Morgan fingerprint density at radius 1 is 1.69 bits per heavy atom. The van der Waals surface area contributed by atoms with E-state index in [2.05, 4.69) is 0 Å². The Bertz CT molecular complexity index is 181. The quantitative estimate of drug-likeness (QED) is 0.617. The van der Waals surface area contributed by atoms with Crippen molar-refractivity contribution >= 4 is 5.97 Å². The number of aliphatic hydroxyl groups excluding tert-OH is 1. The molecule has 0 saturated carbocycles. The van der Waals surface area contributed by atoms with Crippen molar-refractivity contribution in [2.45, 2.75) is 31.8 Å². The molecule has 5 heteroatoms. The van der Waals surface area contributed by atoms with E-state index < -0.39 is 6.29 Å². The molecule has 0 amide bonds. The summed E-state index contributed by atoms with van der Waals surface area (Å²) in [5.74, 6) is -0.348. The van der Waals surface area contributed by atoms with Crippen LogP contribution in [0.2, 0.25) is 0 Å². The lowest BCUT2D eigenvalue weighted by molar-refractivity contribution is -0.156. The summed E-state index contributed by atoms with van der Waals surface area (Å²) in [6.07, 6.45) is -0.944. The zero-order valence-corrected chi connectivity index (χ0v) is 7.73. The molecule has 0 aliphatic carbocycles. The molecule has 1 heterocycles. The van der Waals surface area contributed by atoms with Crippen LogP contribution in [0.5, 0.6) is 0 Å². The van der Waals surface area contributed by atoms with Crippen LogP contribution in [0.15, 0.2) is 0 Å². The molecule has 1 aliphatic rings. The lowest BCUT2D eigenvalue weighted by Gasteiger charge is -2.09. The number of rotatable bonds is 3. The maximum Gasteiger partial charge on any atom is 0.302 e. The number of carbonyl (C=O) groups excluding carboxylic acids is 1. The molecule has 0 spiro atoms. The molecule has 0 aromatic rings. The number of ether oxygens (including phenoxy) is 3. The van der Waals surface area contributed by atoms with Gasteiger partial charge in [0.15, 0.2) is 6.29 Å². The molecule has 1 fully saturated rings. The minimum Gasteiger partial charge on any atom is -0.463 e. The second-order valence-electron chi connectivity index (χ2n) is 2.96. The fourth-order valence-electron chi connectivity index (χ4n) is 1.25. The summed E-state index contributed by atoms with van der Waals surface area (Å²) in [5, 5.41) is 9.24. The van der Waals surface area contributed by atoms with Crippen LogP contribution >= 0.6 is 0 Å². The molecule has 76 valence electrons. The summed E-state index contributed by atoms with van der Waals surface area (Å²) < 4.78 is 14.7. The fourth-order valence-corrected chi connectivity index (χ4v) is 1.25. The number of carbonyl (C=O) groups is 1. The van der Waals surface area contributed by atoms with Crippen LogP contribution in [0.3, 0.4) is 0 Å². The van der Waals surface area contributed by atoms with E-state index >= 15 is 0 Å². The minimum atomic E-state index is -0.912. The first-order valence-corrected chi connectivity index (χ1v) is 4.13. The van der Waals surface area contributed by atoms with E-state index in [1.165, 1.54) is 14.0 Å². The molecular formula is C8H14O5. The van der Waals surface area contributed by atoms with Gasteiger partial charge in [-0.15, -0.1) is 0 Å². The van der Waals surface area contributed by atoms with Crippen molar-refractivity contribution in [2.24, 2.45) is 0 Å². The number of esters is 1. The van der Waals surface area contributed by atoms with Gasteiger partial charge < -0.3 is 19.3 Å². The first-order chi connectivity index (χ1) is 6.13. The highest BCUT2D eigenvalue weighted by molar-refractivity contribution is 5.65. The van der Waals surface area contributed by atoms with Gasteiger partial charge in [-0.3, -0.25) is 4.79 Å². The molecule has 13 heavy (non-hydrogen) atoms. The Balaban J connectivity index is 2.27. The van der Waals surface area contributed by atoms with Crippen molar-refractivity contribution in [1.29, 1.82) is 0 Å². The van der Waals surface area contributed by atoms with Crippen molar-refractivity contribution in [1.82, 2.24) is 0 Å². The van der Waals surface area contributed by atoms with Gasteiger partial charge in [0.2, 0.25) is 0 Å². The summed E-state index contributed by atoms with van der Waals surface area (Å²) >= 11 is 0. The van der Waals surface area contributed by atoms with Crippen LogP contribution in [0, 0.1) is 0 Å². The highest BCUT2D eigenvalue weighted by Gasteiger charge is 2.34. The highest BCUT2D eigenvalue weighted by Crippen LogP contribution is 2.21. The predicted molar refractivity (Wildman–Crippen MR) is 42.9 cm³/mol. The Morgan fingerprint density at radius 3 is 2.85 bits per heavy atom. The van der Waals surface area contributed by atoms with Gasteiger partial charge in [-0.2, -0.15) is 0 Å². The highest BCUT2D eigenvalue weighted by atomic mass is 16.7. The average molecular weight is 190 g/mol. The minimum absolute atomic E-state index is 0.173. The van der Waals surface area contributed by atoms with Crippen LogP contribution < -0.4 is 0 Å². The molecule has 1 unspecified atom stereocenters. The van der Waals surface area contributed by atoms with E-state index in [-0.39, 0.29) is 24.8 Å². The van der Waals surface area contributed by atoms with E-state index in [0.29, 0.717) is 6.42 Å². The Kier molecular flexibility index (Phi) is 3.65. The van der Waals surface area contributed by atoms with Crippen molar-refractivity contribution in [3.63, 3.8) is 0 Å². The van der Waals surface area contributed by atoms with Gasteiger partial charge in [-0.25, -0.2) is 0 Å². The van der Waals surface area contributed by atoms with Crippen molar-refractivity contribution in [3.05, 3.63) is 0 Å². The molecular weight excluding hydrogens is 176 g/mol. The molecule has 0 radical (unpaired) electrons. The number of aliphatic hydroxyl groups is 1. The molecule has 1 saturated heterocycles. The van der Waals surface area contributed by atoms with E-state index in [1.807, 2.05) is 0 Å². The van der Waals surface area contributed by atoms with Crippen LogP contribution in [-0.2, 0) is 19.0 Å². The summed E-state index contributed by atoms with van der Waals surface area (Å²) in [6, 6.07) is 0. The maximum atomic E-state index is 10.5. The molecule has 3 atom stereocenters. The summed E-state index contributed by atoms with van der Waals surface area (Å²) in [6.45, 7) is 1.51. The predicted octanol–water partition coefficient (Wildman–Crippen LogP) is -0.328. The molecule has 0 aromatic heterocycles. The van der Waals surface area contributed by atoms with Gasteiger partial charge in [0.25, 0.3) is 0 Å². The first kappa shape index (κ1) is 10.4. The third kappa shape index (κ3) is 2.95. The number of hydrogen-bond donors (Lipinski definition) is 1. The summed E-state index contributed by atoms with van der Waals surface area (Å²) in [4.78, 5) is 10.5. The second kappa shape index (κ2) is 4.55. The van der Waals surface area contributed by atoms with Crippen LogP contribution in [0.25, 0.3) is 0 Å². The molecule has 0 bridgehead atoms. The SMILES string of the molecule is CO[C@H]1CC(COC(C)=O)O[C@@H]1O.